The van der Waals surface area contributed by atoms with Crippen molar-refractivity contribution in [3.05, 3.63) is 24.3 Å². The molecule has 0 radical (unpaired) electrons. The number of ether oxygens (including phenoxy) is 4. The van der Waals surface area contributed by atoms with Crippen molar-refractivity contribution in [1.82, 2.24) is 4.90 Å². The van der Waals surface area contributed by atoms with E-state index < -0.39 is 24.6 Å². The Kier molecular flexibility index (Phi) is 5.18. The van der Waals surface area contributed by atoms with Crippen molar-refractivity contribution < 1.29 is 33.3 Å². The Bertz CT molecular complexity index is 555. The van der Waals surface area contributed by atoms with Gasteiger partial charge in [0.05, 0.1) is 13.7 Å². The number of cyclic esters (lactones) is 1. The van der Waals surface area contributed by atoms with Gasteiger partial charge in [0.2, 0.25) is 0 Å². The first-order valence-corrected chi connectivity index (χ1v) is 6.50. The zero-order valence-electron chi connectivity index (χ0n) is 11.9. The van der Waals surface area contributed by atoms with Gasteiger partial charge in [0.1, 0.15) is 18.1 Å². The van der Waals surface area contributed by atoms with Crippen LogP contribution in [0.1, 0.15) is 0 Å². The SMILES string of the molecule is COc1ccc(OCC(=O)OCC(=O)N2CCOC2=O)cc1. The summed E-state index contributed by atoms with van der Waals surface area (Å²) in [6, 6.07) is 6.64. The second-order valence-electron chi connectivity index (χ2n) is 4.28. The third-order valence-electron chi connectivity index (χ3n) is 2.83. The average molecular weight is 309 g/mol. The Morgan fingerprint density at radius 2 is 1.86 bits per heavy atom. The molecule has 22 heavy (non-hydrogen) atoms. The number of carbonyl (C=O) groups is 3. The normalized spacial score (nSPS) is 13.5. The fraction of sp³-hybridized carbons (Fsp3) is 0.357. The molecule has 0 bridgehead atoms. The van der Waals surface area contributed by atoms with Gasteiger partial charge in [-0.25, -0.2) is 14.5 Å². The molecule has 2 rings (SSSR count). The highest BCUT2D eigenvalue weighted by molar-refractivity contribution is 5.94. The van der Waals surface area contributed by atoms with Crippen LogP contribution in [0, 0.1) is 0 Å². The first kappa shape index (κ1) is 15.6. The predicted molar refractivity (Wildman–Crippen MR) is 72.5 cm³/mol. The van der Waals surface area contributed by atoms with Gasteiger partial charge >= 0.3 is 12.1 Å². The van der Waals surface area contributed by atoms with Crippen LogP contribution in [0.15, 0.2) is 24.3 Å². The fourth-order valence-corrected chi connectivity index (χ4v) is 1.70. The van der Waals surface area contributed by atoms with E-state index in [1.807, 2.05) is 0 Å². The number of rotatable bonds is 6. The van der Waals surface area contributed by atoms with E-state index in [-0.39, 0.29) is 19.8 Å². The Hall–Kier alpha value is -2.77. The number of imide groups is 1. The monoisotopic (exact) mass is 309 g/mol. The second-order valence-corrected chi connectivity index (χ2v) is 4.28. The van der Waals surface area contributed by atoms with Gasteiger partial charge < -0.3 is 18.9 Å². The summed E-state index contributed by atoms with van der Waals surface area (Å²) in [5, 5.41) is 0. The summed E-state index contributed by atoms with van der Waals surface area (Å²) in [5.74, 6) is -0.206. The van der Waals surface area contributed by atoms with Crippen LogP contribution in [0.4, 0.5) is 4.79 Å². The summed E-state index contributed by atoms with van der Waals surface area (Å²) in [4.78, 5) is 35.1. The summed E-state index contributed by atoms with van der Waals surface area (Å²) >= 11 is 0. The van der Waals surface area contributed by atoms with Gasteiger partial charge in [0.15, 0.2) is 13.2 Å². The van der Waals surface area contributed by atoms with Crippen LogP contribution in [0.5, 0.6) is 11.5 Å². The van der Waals surface area contributed by atoms with E-state index in [0.29, 0.717) is 11.5 Å². The quantitative estimate of drug-likeness (QED) is 0.710. The van der Waals surface area contributed by atoms with Gasteiger partial charge in [-0.2, -0.15) is 0 Å². The molecule has 2 amide bonds. The van der Waals surface area contributed by atoms with Crippen molar-refractivity contribution in [2.24, 2.45) is 0 Å². The van der Waals surface area contributed by atoms with E-state index in [9.17, 15) is 14.4 Å². The third kappa shape index (κ3) is 4.11. The topological polar surface area (TPSA) is 91.4 Å². The molecule has 1 aliphatic rings. The molecule has 0 N–H and O–H groups in total. The maximum Gasteiger partial charge on any atom is 0.416 e. The Balaban J connectivity index is 1.71. The highest BCUT2D eigenvalue weighted by Gasteiger charge is 2.28. The van der Waals surface area contributed by atoms with E-state index in [1.165, 1.54) is 0 Å². The van der Waals surface area contributed by atoms with Crippen molar-refractivity contribution in [2.45, 2.75) is 0 Å². The van der Waals surface area contributed by atoms with Gasteiger partial charge in [0.25, 0.3) is 5.91 Å². The summed E-state index contributed by atoms with van der Waals surface area (Å²) in [5.41, 5.74) is 0. The molecule has 1 aromatic carbocycles. The summed E-state index contributed by atoms with van der Waals surface area (Å²) in [6.07, 6.45) is -0.726. The van der Waals surface area contributed by atoms with Gasteiger partial charge in [-0.05, 0) is 24.3 Å². The molecule has 0 aromatic heterocycles. The average Bonchev–Trinajstić information content (AvgIpc) is 2.97. The van der Waals surface area contributed by atoms with Crippen LogP contribution in [0.2, 0.25) is 0 Å². The molecular weight excluding hydrogens is 294 g/mol. The number of nitrogens with zero attached hydrogens (tertiary/aromatic N) is 1. The predicted octanol–water partition coefficient (Wildman–Crippen LogP) is 0.596. The molecule has 8 nitrogen and oxygen atoms in total. The lowest BCUT2D eigenvalue weighted by Crippen LogP contribution is -2.35. The molecule has 1 fully saturated rings. The molecule has 8 heteroatoms. The maximum atomic E-state index is 11.6. The minimum absolute atomic E-state index is 0.152. The lowest BCUT2D eigenvalue weighted by atomic mass is 10.3. The zero-order valence-corrected chi connectivity index (χ0v) is 11.9. The number of hydrogen-bond acceptors (Lipinski definition) is 7. The Morgan fingerprint density at radius 3 is 2.45 bits per heavy atom. The molecule has 0 saturated carbocycles. The van der Waals surface area contributed by atoms with Crippen molar-refractivity contribution in [1.29, 1.82) is 0 Å². The molecule has 1 aliphatic heterocycles. The van der Waals surface area contributed by atoms with Gasteiger partial charge in [-0.1, -0.05) is 0 Å². The van der Waals surface area contributed by atoms with Crippen LogP contribution in [0.25, 0.3) is 0 Å². The number of benzene rings is 1. The molecule has 0 spiro atoms. The highest BCUT2D eigenvalue weighted by Crippen LogP contribution is 2.16. The molecule has 0 atom stereocenters. The minimum Gasteiger partial charge on any atom is -0.497 e. The molecular formula is C14H15NO7. The van der Waals surface area contributed by atoms with E-state index in [2.05, 4.69) is 4.74 Å². The molecule has 1 saturated heterocycles. The molecule has 1 heterocycles. The molecule has 0 unspecified atom stereocenters. The minimum atomic E-state index is -0.726. The van der Waals surface area contributed by atoms with Gasteiger partial charge in [-0.15, -0.1) is 0 Å². The number of methoxy groups -OCH3 is 1. The molecule has 118 valence electrons. The number of carbonyl (C=O) groups excluding carboxylic acids is 3. The zero-order chi connectivity index (χ0) is 15.9. The van der Waals surface area contributed by atoms with E-state index in [4.69, 9.17) is 14.2 Å². The number of hydrogen-bond donors (Lipinski definition) is 0. The number of amides is 2. The van der Waals surface area contributed by atoms with Crippen molar-refractivity contribution >= 4 is 18.0 Å². The first-order chi connectivity index (χ1) is 10.6. The second kappa shape index (κ2) is 7.30. The standard InChI is InChI=1S/C14H15NO7/c1-19-10-2-4-11(5-3-10)21-9-13(17)22-8-12(16)15-6-7-20-14(15)18/h2-5H,6-9H2,1H3. The Morgan fingerprint density at radius 1 is 1.18 bits per heavy atom. The van der Waals surface area contributed by atoms with Gasteiger partial charge in [-0.3, -0.25) is 4.79 Å². The molecule has 1 aromatic rings. The smallest absolute Gasteiger partial charge is 0.416 e. The largest absolute Gasteiger partial charge is 0.497 e. The van der Waals surface area contributed by atoms with Crippen LogP contribution in [-0.2, 0) is 19.1 Å². The van der Waals surface area contributed by atoms with E-state index >= 15 is 0 Å². The highest BCUT2D eigenvalue weighted by atomic mass is 16.6. The van der Waals surface area contributed by atoms with Gasteiger partial charge in [0, 0.05) is 0 Å². The molecule has 0 aliphatic carbocycles. The lowest BCUT2D eigenvalue weighted by molar-refractivity contribution is -0.152. The summed E-state index contributed by atoms with van der Waals surface area (Å²) in [7, 11) is 1.54. The van der Waals surface area contributed by atoms with Crippen molar-refractivity contribution in [3.8, 4) is 11.5 Å². The maximum absolute atomic E-state index is 11.6. The summed E-state index contributed by atoms with van der Waals surface area (Å²) < 4.78 is 19.5. The van der Waals surface area contributed by atoms with E-state index in [1.54, 1.807) is 31.4 Å². The summed E-state index contributed by atoms with van der Waals surface area (Å²) in [6.45, 7) is -0.555. The van der Waals surface area contributed by atoms with Crippen LogP contribution >= 0.6 is 0 Å². The third-order valence-corrected chi connectivity index (χ3v) is 2.83. The fourth-order valence-electron chi connectivity index (χ4n) is 1.70. The lowest BCUT2D eigenvalue weighted by Gasteiger charge is -2.11. The van der Waals surface area contributed by atoms with Crippen molar-refractivity contribution in [2.75, 3.05) is 33.5 Å². The van der Waals surface area contributed by atoms with Crippen LogP contribution in [-0.4, -0.2) is 56.3 Å². The van der Waals surface area contributed by atoms with Crippen molar-refractivity contribution in [3.63, 3.8) is 0 Å². The first-order valence-electron chi connectivity index (χ1n) is 6.50. The van der Waals surface area contributed by atoms with Crippen LogP contribution in [0.3, 0.4) is 0 Å². The van der Waals surface area contributed by atoms with Crippen LogP contribution < -0.4 is 9.47 Å². The number of esters is 1. The Labute approximate surface area is 126 Å². The van der Waals surface area contributed by atoms with E-state index in [0.717, 1.165) is 4.90 Å².